The third-order valence-electron chi connectivity index (χ3n) is 2.31. The molecule has 3 nitrogen and oxygen atoms in total. The van der Waals surface area contributed by atoms with Crippen LogP contribution in [0.5, 0.6) is 11.6 Å². The van der Waals surface area contributed by atoms with Gasteiger partial charge in [-0.05, 0) is 18.2 Å². The summed E-state index contributed by atoms with van der Waals surface area (Å²) in [6.07, 6.45) is -3.97. The first-order valence-electron chi connectivity index (χ1n) is 5.23. The van der Waals surface area contributed by atoms with E-state index >= 15 is 0 Å². The molecule has 0 aliphatic rings. The lowest BCUT2D eigenvalue weighted by Crippen LogP contribution is -2.06. The number of alkyl halides is 3. The lowest BCUT2D eigenvalue weighted by atomic mass is 10.2. The summed E-state index contributed by atoms with van der Waals surface area (Å²) in [4.78, 5) is 3.48. The average Bonchev–Trinajstić information content (AvgIpc) is 2.33. The average molecular weight is 307 g/mol. The molecule has 0 atom stereocenters. The maximum Gasteiger partial charge on any atom is 0.417 e. The number of ether oxygens (including phenoxy) is 1. The van der Waals surface area contributed by atoms with Crippen molar-refractivity contribution in [1.29, 1.82) is 0 Å². The fraction of sp³-hybridized carbons (Fsp3) is 0.0833. The van der Waals surface area contributed by atoms with Gasteiger partial charge in [-0.3, -0.25) is 0 Å². The minimum absolute atomic E-state index is 0.0252. The van der Waals surface area contributed by atoms with Crippen LogP contribution < -0.4 is 10.5 Å². The standard InChI is InChI=1S/C12H7ClF4N2O/c13-8-3-6(12(15,16)17)5-19-11(8)20-10-2-1-7(14)4-9(10)18/h1-5H,18H2. The molecule has 0 radical (unpaired) electrons. The lowest BCUT2D eigenvalue weighted by Gasteiger charge is -2.11. The van der Waals surface area contributed by atoms with Gasteiger partial charge in [-0.2, -0.15) is 13.2 Å². The van der Waals surface area contributed by atoms with Crippen LogP contribution in [0.3, 0.4) is 0 Å². The summed E-state index contributed by atoms with van der Waals surface area (Å²) >= 11 is 5.67. The molecule has 2 aromatic rings. The number of nitrogen functional groups attached to an aromatic ring is 1. The fourth-order valence-electron chi connectivity index (χ4n) is 1.37. The molecule has 0 saturated carbocycles. The molecule has 0 unspecified atom stereocenters. The summed E-state index contributed by atoms with van der Waals surface area (Å²) in [5.74, 6) is -0.778. The van der Waals surface area contributed by atoms with Crippen LogP contribution in [0, 0.1) is 5.82 Å². The van der Waals surface area contributed by atoms with Crippen LogP contribution in [0.25, 0.3) is 0 Å². The van der Waals surface area contributed by atoms with E-state index in [1.807, 2.05) is 0 Å². The molecule has 106 valence electrons. The van der Waals surface area contributed by atoms with Crippen LogP contribution in [0.4, 0.5) is 23.2 Å². The minimum Gasteiger partial charge on any atom is -0.435 e. The van der Waals surface area contributed by atoms with Gasteiger partial charge in [-0.25, -0.2) is 9.37 Å². The van der Waals surface area contributed by atoms with Crippen LogP contribution in [0.15, 0.2) is 30.5 Å². The maximum absolute atomic E-state index is 12.8. The molecule has 0 amide bonds. The zero-order valence-electron chi connectivity index (χ0n) is 9.71. The minimum atomic E-state index is -4.55. The highest BCUT2D eigenvalue weighted by molar-refractivity contribution is 6.31. The van der Waals surface area contributed by atoms with Crippen molar-refractivity contribution < 1.29 is 22.3 Å². The zero-order valence-corrected chi connectivity index (χ0v) is 10.5. The first-order valence-corrected chi connectivity index (χ1v) is 5.61. The van der Waals surface area contributed by atoms with Crippen molar-refractivity contribution in [1.82, 2.24) is 4.98 Å². The number of benzene rings is 1. The van der Waals surface area contributed by atoms with Gasteiger partial charge in [0.2, 0.25) is 5.88 Å². The molecule has 1 heterocycles. The SMILES string of the molecule is Nc1cc(F)ccc1Oc1ncc(C(F)(F)F)cc1Cl. The summed E-state index contributed by atoms with van der Waals surface area (Å²) in [6, 6.07) is 4.00. The number of nitrogens with two attached hydrogens (primary N) is 1. The molecule has 0 bridgehead atoms. The summed E-state index contributed by atoms with van der Waals surface area (Å²) in [5.41, 5.74) is 4.48. The lowest BCUT2D eigenvalue weighted by molar-refractivity contribution is -0.137. The van der Waals surface area contributed by atoms with Gasteiger partial charge >= 0.3 is 6.18 Å². The Morgan fingerprint density at radius 3 is 2.45 bits per heavy atom. The van der Waals surface area contributed by atoms with E-state index in [0.29, 0.717) is 12.3 Å². The number of aromatic nitrogens is 1. The predicted molar refractivity (Wildman–Crippen MR) is 65.1 cm³/mol. The molecule has 1 aromatic heterocycles. The fourth-order valence-corrected chi connectivity index (χ4v) is 1.58. The van der Waals surface area contributed by atoms with Crippen LogP contribution >= 0.6 is 11.6 Å². The molecule has 2 N–H and O–H groups in total. The number of hydrogen-bond donors (Lipinski definition) is 1. The highest BCUT2D eigenvalue weighted by Gasteiger charge is 2.31. The van der Waals surface area contributed by atoms with Gasteiger partial charge in [0.05, 0.1) is 11.3 Å². The topological polar surface area (TPSA) is 48.1 Å². The molecule has 0 aliphatic carbocycles. The predicted octanol–water partition coefficient (Wildman–Crippen LogP) is 4.27. The van der Waals surface area contributed by atoms with Gasteiger partial charge in [0.15, 0.2) is 5.75 Å². The zero-order chi connectivity index (χ0) is 14.9. The number of pyridine rings is 1. The highest BCUT2D eigenvalue weighted by atomic mass is 35.5. The van der Waals surface area contributed by atoms with E-state index in [1.54, 1.807) is 0 Å². The van der Waals surface area contributed by atoms with Gasteiger partial charge in [0.25, 0.3) is 0 Å². The summed E-state index contributed by atoms with van der Waals surface area (Å²) in [7, 11) is 0. The van der Waals surface area contributed by atoms with E-state index < -0.39 is 17.6 Å². The largest absolute Gasteiger partial charge is 0.435 e. The van der Waals surface area contributed by atoms with Gasteiger partial charge < -0.3 is 10.5 Å². The number of rotatable bonds is 2. The smallest absolute Gasteiger partial charge is 0.417 e. The van der Waals surface area contributed by atoms with E-state index in [-0.39, 0.29) is 22.3 Å². The van der Waals surface area contributed by atoms with Crippen LogP contribution in [0.2, 0.25) is 5.02 Å². The molecule has 0 fully saturated rings. The summed E-state index contributed by atoms with van der Waals surface area (Å²) in [6.45, 7) is 0. The number of hydrogen-bond acceptors (Lipinski definition) is 3. The molecule has 2 rings (SSSR count). The monoisotopic (exact) mass is 306 g/mol. The molecular weight excluding hydrogens is 300 g/mol. The van der Waals surface area contributed by atoms with Gasteiger partial charge in [0, 0.05) is 12.3 Å². The van der Waals surface area contributed by atoms with E-state index in [1.165, 1.54) is 6.07 Å². The van der Waals surface area contributed by atoms with E-state index in [9.17, 15) is 17.6 Å². The summed E-state index contributed by atoms with van der Waals surface area (Å²) < 4.78 is 55.3. The van der Waals surface area contributed by atoms with Crippen molar-refractivity contribution in [2.75, 3.05) is 5.73 Å². The highest BCUT2D eigenvalue weighted by Crippen LogP contribution is 2.35. The molecular formula is C12H7ClF4N2O. The van der Waals surface area contributed by atoms with Crippen molar-refractivity contribution in [3.63, 3.8) is 0 Å². The van der Waals surface area contributed by atoms with Crippen LogP contribution in [-0.2, 0) is 6.18 Å². The number of anilines is 1. The second-order valence-corrected chi connectivity index (χ2v) is 4.20. The van der Waals surface area contributed by atoms with E-state index in [4.69, 9.17) is 22.1 Å². The Balaban J connectivity index is 2.30. The summed E-state index contributed by atoms with van der Waals surface area (Å²) in [5, 5.41) is -0.330. The Bertz CT molecular complexity index is 646. The van der Waals surface area contributed by atoms with Crippen molar-refractivity contribution in [3.05, 3.63) is 46.9 Å². The molecule has 0 aliphatic heterocycles. The van der Waals surface area contributed by atoms with Gasteiger partial charge in [-0.15, -0.1) is 0 Å². The molecule has 0 saturated heterocycles. The molecule has 8 heteroatoms. The second kappa shape index (κ2) is 5.16. The Labute approximate surface area is 115 Å². The maximum atomic E-state index is 12.8. The molecule has 20 heavy (non-hydrogen) atoms. The van der Waals surface area contributed by atoms with Crippen molar-refractivity contribution in [2.24, 2.45) is 0 Å². The van der Waals surface area contributed by atoms with E-state index in [2.05, 4.69) is 4.98 Å². The molecule has 0 spiro atoms. The van der Waals surface area contributed by atoms with E-state index in [0.717, 1.165) is 12.1 Å². The molecule has 1 aromatic carbocycles. The quantitative estimate of drug-likeness (QED) is 0.666. The van der Waals surface area contributed by atoms with Crippen molar-refractivity contribution >= 4 is 17.3 Å². The van der Waals surface area contributed by atoms with Gasteiger partial charge in [-0.1, -0.05) is 11.6 Å². The Morgan fingerprint density at radius 1 is 1.20 bits per heavy atom. The third kappa shape index (κ3) is 3.11. The van der Waals surface area contributed by atoms with Gasteiger partial charge in [0.1, 0.15) is 10.8 Å². The normalized spacial score (nSPS) is 11.4. The van der Waals surface area contributed by atoms with Crippen LogP contribution in [-0.4, -0.2) is 4.98 Å². The third-order valence-corrected chi connectivity index (χ3v) is 2.58. The second-order valence-electron chi connectivity index (χ2n) is 3.79. The first kappa shape index (κ1) is 14.4. The Morgan fingerprint density at radius 2 is 1.90 bits per heavy atom. The number of halogens is 5. The van der Waals surface area contributed by atoms with Crippen LogP contribution in [0.1, 0.15) is 5.56 Å². The number of nitrogens with zero attached hydrogens (tertiary/aromatic N) is 1. The Kier molecular flexibility index (Phi) is 3.71. The van der Waals surface area contributed by atoms with Crippen molar-refractivity contribution in [3.8, 4) is 11.6 Å². The van der Waals surface area contributed by atoms with Crippen molar-refractivity contribution in [2.45, 2.75) is 6.18 Å². The first-order chi connectivity index (χ1) is 9.27. The Hall–Kier alpha value is -2.02.